The van der Waals surface area contributed by atoms with Crippen LogP contribution >= 0.6 is 0 Å². The fraction of sp³-hybridized carbons (Fsp3) is 0.882. The van der Waals surface area contributed by atoms with Crippen molar-refractivity contribution >= 4 is 11.9 Å². The molecule has 6 nitrogen and oxygen atoms in total. The molecule has 2 aliphatic heterocycles. The summed E-state index contributed by atoms with van der Waals surface area (Å²) in [5.74, 6) is 0.115. The second-order valence-electron chi connectivity index (χ2n) is 8.62. The Labute approximate surface area is 139 Å². The standard InChI is InChI=1S/C17H32N4O2/c1-11(2)20-10-13(7-14(20)22)19-15(23)21-16(3,4)8-12(18)9-17(21,5)6/h11-13H,7-10,18H2,1-6H3,(H,19,23). The molecule has 2 aliphatic rings. The van der Waals surface area contributed by atoms with Crippen LogP contribution in [0.4, 0.5) is 4.79 Å². The van der Waals surface area contributed by atoms with E-state index in [9.17, 15) is 9.59 Å². The van der Waals surface area contributed by atoms with E-state index in [0.29, 0.717) is 13.0 Å². The Morgan fingerprint density at radius 2 is 1.74 bits per heavy atom. The second kappa shape index (κ2) is 5.96. The number of piperidine rings is 1. The highest BCUT2D eigenvalue weighted by atomic mass is 16.2. The summed E-state index contributed by atoms with van der Waals surface area (Å²) >= 11 is 0. The van der Waals surface area contributed by atoms with Gasteiger partial charge >= 0.3 is 6.03 Å². The molecule has 0 spiro atoms. The Balaban J connectivity index is 2.09. The Bertz CT molecular complexity index is 469. The van der Waals surface area contributed by atoms with Crippen LogP contribution in [0.2, 0.25) is 0 Å². The van der Waals surface area contributed by atoms with Gasteiger partial charge in [0.2, 0.25) is 5.91 Å². The fourth-order valence-electron chi connectivity index (χ4n) is 4.47. The Hall–Kier alpha value is -1.30. The van der Waals surface area contributed by atoms with Crippen LogP contribution in [0.3, 0.4) is 0 Å². The van der Waals surface area contributed by atoms with E-state index in [1.165, 1.54) is 0 Å². The number of likely N-dealkylation sites (tertiary alicyclic amines) is 2. The molecule has 2 saturated heterocycles. The van der Waals surface area contributed by atoms with Crippen molar-refractivity contribution in [1.29, 1.82) is 0 Å². The van der Waals surface area contributed by atoms with E-state index in [2.05, 4.69) is 33.0 Å². The van der Waals surface area contributed by atoms with E-state index < -0.39 is 0 Å². The number of nitrogens with zero attached hydrogens (tertiary/aromatic N) is 2. The topological polar surface area (TPSA) is 78.7 Å². The van der Waals surface area contributed by atoms with Crippen LogP contribution in [-0.2, 0) is 4.79 Å². The van der Waals surface area contributed by atoms with E-state index in [-0.39, 0.29) is 41.1 Å². The zero-order valence-electron chi connectivity index (χ0n) is 15.3. The van der Waals surface area contributed by atoms with E-state index in [1.807, 2.05) is 23.6 Å². The van der Waals surface area contributed by atoms with Gasteiger partial charge in [0, 0.05) is 36.1 Å². The van der Waals surface area contributed by atoms with Gasteiger partial charge in [-0.1, -0.05) is 0 Å². The van der Waals surface area contributed by atoms with Crippen molar-refractivity contribution in [1.82, 2.24) is 15.1 Å². The van der Waals surface area contributed by atoms with Gasteiger partial charge in [-0.15, -0.1) is 0 Å². The average molecular weight is 324 g/mol. The minimum absolute atomic E-state index is 0.0877. The van der Waals surface area contributed by atoms with Crippen LogP contribution in [0.5, 0.6) is 0 Å². The number of rotatable bonds is 2. The van der Waals surface area contributed by atoms with Gasteiger partial charge < -0.3 is 20.9 Å². The largest absolute Gasteiger partial charge is 0.338 e. The molecule has 23 heavy (non-hydrogen) atoms. The maximum Gasteiger partial charge on any atom is 0.318 e. The van der Waals surface area contributed by atoms with Crippen molar-refractivity contribution in [3.8, 4) is 0 Å². The number of nitrogens with one attached hydrogen (secondary N) is 1. The summed E-state index contributed by atoms with van der Waals surface area (Å²) in [5, 5.41) is 3.07. The smallest absolute Gasteiger partial charge is 0.318 e. The Morgan fingerprint density at radius 3 is 2.17 bits per heavy atom. The second-order valence-corrected chi connectivity index (χ2v) is 8.62. The molecule has 3 amide bonds. The summed E-state index contributed by atoms with van der Waals surface area (Å²) in [6.07, 6.45) is 1.95. The summed E-state index contributed by atoms with van der Waals surface area (Å²) in [5.41, 5.74) is 5.57. The van der Waals surface area contributed by atoms with Crippen molar-refractivity contribution in [2.24, 2.45) is 5.73 Å². The highest BCUT2D eigenvalue weighted by molar-refractivity contribution is 5.82. The Kier molecular flexibility index (Phi) is 4.68. The van der Waals surface area contributed by atoms with Crippen LogP contribution < -0.4 is 11.1 Å². The van der Waals surface area contributed by atoms with Gasteiger partial charge in [0.1, 0.15) is 0 Å². The van der Waals surface area contributed by atoms with Crippen LogP contribution in [0, 0.1) is 0 Å². The first kappa shape index (κ1) is 18.0. The summed E-state index contributed by atoms with van der Waals surface area (Å²) < 4.78 is 0. The van der Waals surface area contributed by atoms with Gasteiger partial charge in [-0.05, 0) is 54.4 Å². The lowest BCUT2D eigenvalue weighted by Crippen LogP contribution is -2.67. The number of nitrogens with two attached hydrogens (primary N) is 1. The molecule has 2 rings (SSSR count). The molecule has 0 radical (unpaired) electrons. The molecule has 132 valence electrons. The van der Waals surface area contributed by atoms with Crippen molar-refractivity contribution in [2.45, 2.75) is 90.0 Å². The molecule has 2 fully saturated rings. The predicted octanol–water partition coefficient (Wildman–Crippen LogP) is 1.69. The van der Waals surface area contributed by atoms with E-state index in [0.717, 1.165) is 12.8 Å². The molecular formula is C17H32N4O2. The lowest BCUT2D eigenvalue weighted by molar-refractivity contribution is -0.129. The quantitative estimate of drug-likeness (QED) is 0.811. The average Bonchev–Trinajstić information content (AvgIpc) is 2.65. The lowest BCUT2D eigenvalue weighted by Gasteiger charge is -2.54. The van der Waals surface area contributed by atoms with Gasteiger partial charge in [0.15, 0.2) is 0 Å². The molecule has 6 heteroatoms. The zero-order valence-corrected chi connectivity index (χ0v) is 15.3. The highest BCUT2D eigenvalue weighted by Gasteiger charge is 2.47. The van der Waals surface area contributed by atoms with Gasteiger partial charge in [-0.2, -0.15) is 0 Å². The third-order valence-corrected chi connectivity index (χ3v) is 5.05. The van der Waals surface area contributed by atoms with Gasteiger partial charge in [0.25, 0.3) is 0 Å². The first-order chi connectivity index (χ1) is 10.4. The maximum absolute atomic E-state index is 12.9. The first-order valence-electron chi connectivity index (χ1n) is 8.60. The first-order valence-corrected chi connectivity index (χ1v) is 8.60. The van der Waals surface area contributed by atoms with Gasteiger partial charge in [-0.25, -0.2) is 4.79 Å². The molecule has 0 aromatic rings. The van der Waals surface area contributed by atoms with Crippen molar-refractivity contribution in [2.75, 3.05) is 6.54 Å². The van der Waals surface area contributed by atoms with Crippen LogP contribution in [0.15, 0.2) is 0 Å². The highest BCUT2D eigenvalue weighted by Crippen LogP contribution is 2.37. The third kappa shape index (κ3) is 3.62. The minimum Gasteiger partial charge on any atom is -0.338 e. The SMILES string of the molecule is CC(C)N1CC(NC(=O)N2C(C)(C)CC(N)CC2(C)C)CC1=O. The monoisotopic (exact) mass is 324 g/mol. The van der Waals surface area contributed by atoms with E-state index in [1.54, 1.807) is 0 Å². The number of hydrogen-bond acceptors (Lipinski definition) is 3. The number of hydrogen-bond donors (Lipinski definition) is 2. The molecular weight excluding hydrogens is 292 g/mol. The summed E-state index contributed by atoms with van der Waals surface area (Å²) in [6.45, 7) is 12.8. The third-order valence-electron chi connectivity index (χ3n) is 5.05. The number of amides is 3. The molecule has 3 N–H and O–H groups in total. The number of carbonyl (C=O) groups is 2. The molecule has 0 bridgehead atoms. The Morgan fingerprint density at radius 1 is 1.22 bits per heavy atom. The van der Waals surface area contributed by atoms with E-state index in [4.69, 9.17) is 5.73 Å². The van der Waals surface area contributed by atoms with Gasteiger partial charge in [-0.3, -0.25) is 4.79 Å². The van der Waals surface area contributed by atoms with Crippen LogP contribution in [0.25, 0.3) is 0 Å². The van der Waals surface area contributed by atoms with Crippen LogP contribution in [0.1, 0.15) is 60.8 Å². The number of urea groups is 1. The van der Waals surface area contributed by atoms with Crippen molar-refractivity contribution in [3.05, 3.63) is 0 Å². The number of carbonyl (C=O) groups excluding carboxylic acids is 2. The predicted molar refractivity (Wildman–Crippen MR) is 91.0 cm³/mol. The van der Waals surface area contributed by atoms with Crippen LogP contribution in [-0.4, -0.2) is 57.5 Å². The van der Waals surface area contributed by atoms with E-state index >= 15 is 0 Å². The molecule has 0 aromatic heterocycles. The molecule has 1 atom stereocenters. The summed E-state index contributed by atoms with van der Waals surface area (Å²) in [7, 11) is 0. The fourth-order valence-corrected chi connectivity index (χ4v) is 4.47. The molecule has 2 heterocycles. The van der Waals surface area contributed by atoms with Crippen molar-refractivity contribution in [3.63, 3.8) is 0 Å². The summed E-state index contributed by atoms with van der Waals surface area (Å²) in [6, 6.07) is 0.0775. The minimum atomic E-state index is -0.300. The molecule has 0 saturated carbocycles. The normalized spacial score (nSPS) is 27.7. The lowest BCUT2D eigenvalue weighted by atomic mass is 9.77. The molecule has 0 aromatic carbocycles. The van der Waals surface area contributed by atoms with Gasteiger partial charge in [0.05, 0.1) is 6.04 Å². The van der Waals surface area contributed by atoms with Crippen molar-refractivity contribution < 1.29 is 9.59 Å². The molecule has 0 aliphatic carbocycles. The zero-order chi connectivity index (χ0) is 17.6. The molecule has 1 unspecified atom stereocenters. The maximum atomic E-state index is 12.9. The summed E-state index contributed by atoms with van der Waals surface area (Å²) in [4.78, 5) is 28.7.